The fraction of sp³-hybridized carbons (Fsp3) is 0.600. The Kier molecular flexibility index (Phi) is 2.86. The molecule has 1 aliphatic carbocycles. The molecule has 0 bridgehead atoms. The van der Waals surface area contributed by atoms with Crippen LogP contribution in [0.25, 0.3) is 0 Å². The second-order valence-electron chi connectivity index (χ2n) is 3.23. The molecule has 0 saturated carbocycles. The van der Waals surface area contributed by atoms with Crippen LogP contribution in [0.3, 0.4) is 0 Å². The summed E-state index contributed by atoms with van der Waals surface area (Å²) < 4.78 is 12.8. The molecule has 11 heavy (non-hydrogen) atoms. The van der Waals surface area contributed by atoms with Gasteiger partial charge in [-0.15, -0.1) is 0 Å². The van der Waals surface area contributed by atoms with Crippen LogP contribution >= 0.6 is 0 Å². The smallest absolute Gasteiger partial charge is 0.122 e. The lowest BCUT2D eigenvalue weighted by Crippen LogP contribution is -1.94. The van der Waals surface area contributed by atoms with Crippen LogP contribution in [0.5, 0.6) is 0 Å². The van der Waals surface area contributed by atoms with Crippen LogP contribution in [0.15, 0.2) is 23.8 Å². The zero-order valence-corrected chi connectivity index (χ0v) is 7.18. The lowest BCUT2D eigenvalue weighted by atomic mass is 10.1. The lowest BCUT2D eigenvalue weighted by molar-refractivity contribution is 0.417. The van der Waals surface area contributed by atoms with Gasteiger partial charge in [-0.05, 0) is 31.3 Å². The van der Waals surface area contributed by atoms with Crippen molar-refractivity contribution in [2.75, 3.05) is 0 Å². The highest BCUT2D eigenvalue weighted by Gasteiger charge is 2.06. The molecule has 1 rings (SSSR count). The highest BCUT2D eigenvalue weighted by Crippen LogP contribution is 2.18. The van der Waals surface area contributed by atoms with Gasteiger partial charge < -0.3 is 0 Å². The Morgan fingerprint density at radius 2 is 2.36 bits per heavy atom. The zero-order chi connectivity index (χ0) is 8.27. The third-order valence-electron chi connectivity index (χ3n) is 2.08. The van der Waals surface area contributed by atoms with Crippen molar-refractivity contribution < 1.29 is 4.39 Å². The number of halogens is 1. The highest BCUT2D eigenvalue weighted by atomic mass is 19.1. The largest absolute Gasteiger partial charge is 0.243 e. The monoisotopic (exact) mass is 154 g/mol. The molecular weight excluding hydrogens is 139 g/mol. The van der Waals surface area contributed by atoms with Crippen LogP contribution in [0, 0.1) is 5.92 Å². The molecule has 1 aliphatic rings. The fourth-order valence-corrected chi connectivity index (χ4v) is 1.25. The van der Waals surface area contributed by atoms with Gasteiger partial charge in [0.05, 0.1) is 0 Å². The van der Waals surface area contributed by atoms with E-state index in [0.29, 0.717) is 5.92 Å². The third kappa shape index (κ3) is 2.49. The number of hydrogen-bond donors (Lipinski definition) is 0. The first-order chi connectivity index (χ1) is 5.20. The summed E-state index contributed by atoms with van der Waals surface area (Å²) >= 11 is 0. The molecule has 0 aromatic heterocycles. The van der Waals surface area contributed by atoms with Crippen molar-refractivity contribution in [2.24, 2.45) is 5.92 Å². The third-order valence-corrected chi connectivity index (χ3v) is 2.08. The van der Waals surface area contributed by atoms with Crippen molar-refractivity contribution in [1.29, 1.82) is 0 Å². The fourth-order valence-electron chi connectivity index (χ4n) is 1.25. The molecule has 62 valence electrons. The molecule has 0 N–H and O–H groups in total. The van der Waals surface area contributed by atoms with Gasteiger partial charge in [0, 0.05) is 0 Å². The Labute approximate surface area is 67.8 Å². The average Bonchev–Trinajstić information content (AvgIpc) is 2.13. The molecule has 1 heteroatoms. The first-order valence-corrected chi connectivity index (χ1v) is 4.22. The molecule has 2 unspecified atom stereocenters. The Morgan fingerprint density at radius 3 is 3.00 bits per heavy atom. The van der Waals surface area contributed by atoms with E-state index in [2.05, 4.69) is 13.0 Å². The highest BCUT2D eigenvalue weighted by molar-refractivity contribution is 5.24. The number of rotatable bonds is 1. The molecular formula is C10H15F. The predicted octanol–water partition coefficient (Wildman–Crippen LogP) is 3.26. The maximum Gasteiger partial charge on any atom is 0.122 e. The van der Waals surface area contributed by atoms with Crippen LogP contribution < -0.4 is 0 Å². The van der Waals surface area contributed by atoms with Crippen molar-refractivity contribution in [3.63, 3.8) is 0 Å². The molecule has 0 heterocycles. The van der Waals surface area contributed by atoms with Gasteiger partial charge >= 0.3 is 0 Å². The molecule has 0 aromatic rings. The van der Waals surface area contributed by atoms with Crippen molar-refractivity contribution in [1.82, 2.24) is 0 Å². The Bertz CT molecular complexity index is 177. The number of alkyl halides is 1. The second-order valence-corrected chi connectivity index (χ2v) is 3.23. The summed E-state index contributed by atoms with van der Waals surface area (Å²) in [5.74, 6) is 0.600. The standard InChI is InChI=1S/C10H15F/c1-8-4-3-5-10(7-6-8)9(2)11/h5-9H,3-4H2,1-2H3. The number of allylic oxidation sites excluding steroid dienone is 4. The summed E-state index contributed by atoms with van der Waals surface area (Å²) in [7, 11) is 0. The molecule has 0 spiro atoms. The summed E-state index contributed by atoms with van der Waals surface area (Å²) in [6.45, 7) is 3.75. The Balaban J connectivity index is 2.64. The predicted molar refractivity (Wildman–Crippen MR) is 46.2 cm³/mol. The van der Waals surface area contributed by atoms with Gasteiger partial charge in [-0.2, -0.15) is 0 Å². The van der Waals surface area contributed by atoms with Gasteiger partial charge in [-0.3, -0.25) is 0 Å². The van der Waals surface area contributed by atoms with E-state index in [1.54, 1.807) is 6.92 Å². The normalized spacial score (nSPS) is 27.5. The Hall–Kier alpha value is -0.590. The molecule has 0 aliphatic heterocycles. The van der Waals surface area contributed by atoms with Crippen molar-refractivity contribution >= 4 is 0 Å². The SMILES string of the molecule is CC1C=CC(C(C)F)=CCC1. The van der Waals surface area contributed by atoms with Crippen LogP contribution in [-0.2, 0) is 0 Å². The van der Waals surface area contributed by atoms with Crippen LogP contribution in [0.1, 0.15) is 26.7 Å². The second kappa shape index (κ2) is 3.70. The summed E-state index contributed by atoms with van der Waals surface area (Å²) in [5.41, 5.74) is 0.842. The minimum Gasteiger partial charge on any atom is -0.243 e. The molecule has 0 amide bonds. The minimum atomic E-state index is -0.809. The van der Waals surface area contributed by atoms with Gasteiger partial charge in [0.15, 0.2) is 0 Å². The topological polar surface area (TPSA) is 0 Å². The summed E-state index contributed by atoms with van der Waals surface area (Å²) in [6, 6.07) is 0. The first kappa shape index (κ1) is 8.51. The maximum absolute atomic E-state index is 12.8. The quantitative estimate of drug-likeness (QED) is 0.544. The van der Waals surface area contributed by atoms with Gasteiger partial charge in [0.2, 0.25) is 0 Å². The van der Waals surface area contributed by atoms with Gasteiger partial charge in [-0.1, -0.05) is 25.2 Å². The van der Waals surface area contributed by atoms with E-state index in [1.807, 2.05) is 12.2 Å². The average molecular weight is 154 g/mol. The number of hydrogen-bond acceptors (Lipinski definition) is 0. The molecule has 2 atom stereocenters. The van der Waals surface area contributed by atoms with Crippen molar-refractivity contribution in [3.05, 3.63) is 23.8 Å². The van der Waals surface area contributed by atoms with Gasteiger partial charge in [0.1, 0.15) is 6.17 Å². The van der Waals surface area contributed by atoms with E-state index in [1.165, 1.54) is 0 Å². The van der Waals surface area contributed by atoms with E-state index < -0.39 is 6.17 Å². The van der Waals surface area contributed by atoms with Crippen LogP contribution in [0.4, 0.5) is 4.39 Å². The van der Waals surface area contributed by atoms with E-state index >= 15 is 0 Å². The molecule has 0 fully saturated rings. The van der Waals surface area contributed by atoms with E-state index in [0.717, 1.165) is 18.4 Å². The Morgan fingerprint density at radius 1 is 1.64 bits per heavy atom. The maximum atomic E-state index is 12.8. The van der Waals surface area contributed by atoms with Crippen molar-refractivity contribution in [2.45, 2.75) is 32.9 Å². The van der Waals surface area contributed by atoms with Crippen LogP contribution in [0.2, 0.25) is 0 Å². The van der Waals surface area contributed by atoms with Gasteiger partial charge in [0.25, 0.3) is 0 Å². The van der Waals surface area contributed by atoms with E-state index in [4.69, 9.17) is 0 Å². The molecule has 0 nitrogen and oxygen atoms in total. The summed E-state index contributed by atoms with van der Waals surface area (Å²) in [6.07, 6.45) is 7.36. The molecule has 0 aromatic carbocycles. The lowest BCUT2D eigenvalue weighted by Gasteiger charge is -1.99. The van der Waals surface area contributed by atoms with E-state index in [-0.39, 0.29) is 0 Å². The zero-order valence-electron chi connectivity index (χ0n) is 7.18. The molecule has 0 saturated heterocycles. The minimum absolute atomic E-state index is 0.600. The summed E-state index contributed by atoms with van der Waals surface area (Å²) in [5, 5.41) is 0. The summed E-state index contributed by atoms with van der Waals surface area (Å²) in [4.78, 5) is 0. The molecule has 0 radical (unpaired) electrons. The van der Waals surface area contributed by atoms with Gasteiger partial charge in [-0.25, -0.2) is 4.39 Å². The van der Waals surface area contributed by atoms with Crippen LogP contribution in [-0.4, -0.2) is 6.17 Å². The first-order valence-electron chi connectivity index (χ1n) is 4.22. The van der Waals surface area contributed by atoms with Crippen molar-refractivity contribution in [3.8, 4) is 0 Å². The van der Waals surface area contributed by atoms with E-state index in [9.17, 15) is 4.39 Å².